The summed E-state index contributed by atoms with van der Waals surface area (Å²) in [6.45, 7) is 3.04. The number of hydrogen-bond acceptors (Lipinski definition) is 6. The fourth-order valence-corrected chi connectivity index (χ4v) is 3.99. The smallest absolute Gasteiger partial charge is 0.310 e. The van der Waals surface area contributed by atoms with Gasteiger partial charge in [0.2, 0.25) is 5.91 Å². The number of nitrogens with one attached hydrogen (secondary N) is 1. The summed E-state index contributed by atoms with van der Waals surface area (Å²) in [5.41, 5.74) is 1.39. The van der Waals surface area contributed by atoms with Gasteiger partial charge in [0.1, 0.15) is 5.69 Å². The number of aromatic nitrogens is 1. The molecule has 1 atom stereocenters. The van der Waals surface area contributed by atoms with Crippen molar-refractivity contribution in [3.05, 3.63) is 47.0 Å². The Balaban J connectivity index is 1.52. The number of rotatable bonds is 7. The highest BCUT2D eigenvalue weighted by Crippen LogP contribution is 2.22. The summed E-state index contributed by atoms with van der Waals surface area (Å²) in [7, 11) is 0. The van der Waals surface area contributed by atoms with Crippen molar-refractivity contribution < 1.29 is 19.1 Å². The zero-order chi connectivity index (χ0) is 20.6. The summed E-state index contributed by atoms with van der Waals surface area (Å²) >= 11 is 1.22. The van der Waals surface area contributed by atoms with E-state index in [4.69, 9.17) is 4.74 Å². The van der Waals surface area contributed by atoms with E-state index in [0.29, 0.717) is 37.7 Å². The van der Waals surface area contributed by atoms with E-state index in [1.807, 2.05) is 30.3 Å². The third kappa shape index (κ3) is 5.87. The maximum atomic E-state index is 12.7. The predicted molar refractivity (Wildman–Crippen MR) is 111 cm³/mol. The molecule has 1 aliphatic heterocycles. The summed E-state index contributed by atoms with van der Waals surface area (Å²) in [5, 5.41) is 4.81. The summed E-state index contributed by atoms with van der Waals surface area (Å²) in [6, 6.07) is 9.79. The van der Waals surface area contributed by atoms with Crippen molar-refractivity contribution in [3.63, 3.8) is 0 Å². The summed E-state index contributed by atoms with van der Waals surface area (Å²) in [6.07, 6.45) is 2.47. The number of hydrogen-bond donors (Lipinski definition) is 1. The van der Waals surface area contributed by atoms with Crippen molar-refractivity contribution in [2.45, 2.75) is 32.6 Å². The van der Waals surface area contributed by atoms with Crippen molar-refractivity contribution in [3.8, 4) is 0 Å². The van der Waals surface area contributed by atoms with Gasteiger partial charge in [0, 0.05) is 24.9 Å². The molecule has 7 nitrogen and oxygen atoms in total. The van der Waals surface area contributed by atoms with E-state index in [1.165, 1.54) is 11.3 Å². The van der Waals surface area contributed by atoms with Gasteiger partial charge in [-0.25, -0.2) is 4.98 Å². The van der Waals surface area contributed by atoms with E-state index in [9.17, 15) is 14.4 Å². The van der Waals surface area contributed by atoms with E-state index < -0.39 is 0 Å². The van der Waals surface area contributed by atoms with E-state index in [2.05, 4.69) is 10.3 Å². The molecule has 0 bridgehead atoms. The third-order valence-corrected chi connectivity index (χ3v) is 5.54. The molecular formula is C21H25N3O4S. The number of amides is 2. The van der Waals surface area contributed by atoms with Crippen LogP contribution in [0.5, 0.6) is 0 Å². The largest absolute Gasteiger partial charge is 0.466 e. The van der Waals surface area contributed by atoms with Crippen LogP contribution in [0.1, 0.15) is 42.2 Å². The SMILES string of the molecule is CCOC(=O)C1CCCN(C(=O)c2csc(NC(=O)CCc3ccccc3)n2)C1. The van der Waals surface area contributed by atoms with Crippen LogP contribution in [-0.4, -0.2) is 47.4 Å². The summed E-state index contributed by atoms with van der Waals surface area (Å²) in [5.74, 6) is -0.902. The number of benzene rings is 1. The first-order valence-corrected chi connectivity index (χ1v) is 10.7. The molecule has 2 amide bonds. The standard InChI is InChI=1S/C21H25N3O4S/c1-2-28-20(27)16-9-6-12-24(13-16)19(26)17-14-29-21(22-17)23-18(25)11-10-15-7-4-3-5-8-15/h3-5,7-8,14,16H,2,6,9-13H2,1H3,(H,22,23,25). The van der Waals surface area contributed by atoms with Gasteiger partial charge in [-0.1, -0.05) is 30.3 Å². The van der Waals surface area contributed by atoms with Crippen molar-refractivity contribution in [1.29, 1.82) is 0 Å². The highest BCUT2D eigenvalue weighted by molar-refractivity contribution is 7.14. The van der Waals surface area contributed by atoms with Gasteiger partial charge in [0.25, 0.3) is 5.91 Å². The van der Waals surface area contributed by atoms with Gasteiger partial charge in [-0.05, 0) is 31.7 Å². The minimum Gasteiger partial charge on any atom is -0.466 e. The van der Waals surface area contributed by atoms with Crippen LogP contribution in [0.25, 0.3) is 0 Å². The minimum absolute atomic E-state index is 0.137. The first-order chi connectivity index (χ1) is 14.1. The molecule has 1 fully saturated rings. The lowest BCUT2D eigenvalue weighted by atomic mass is 9.98. The quantitative estimate of drug-likeness (QED) is 0.702. The van der Waals surface area contributed by atoms with Crippen molar-refractivity contribution >= 4 is 34.3 Å². The van der Waals surface area contributed by atoms with Crippen LogP contribution < -0.4 is 5.32 Å². The molecule has 1 unspecified atom stereocenters. The Morgan fingerprint density at radius 3 is 2.83 bits per heavy atom. The molecule has 3 rings (SSSR count). The normalized spacial score (nSPS) is 16.3. The maximum absolute atomic E-state index is 12.7. The number of ether oxygens (including phenoxy) is 1. The van der Waals surface area contributed by atoms with Crippen molar-refractivity contribution in [2.24, 2.45) is 5.92 Å². The summed E-state index contributed by atoms with van der Waals surface area (Å²) in [4.78, 5) is 42.8. The second-order valence-corrected chi connectivity index (χ2v) is 7.77. The maximum Gasteiger partial charge on any atom is 0.310 e. The third-order valence-electron chi connectivity index (χ3n) is 4.78. The molecule has 0 saturated carbocycles. The first kappa shape index (κ1) is 21.0. The number of aryl methyl sites for hydroxylation is 1. The first-order valence-electron chi connectivity index (χ1n) is 9.82. The highest BCUT2D eigenvalue weighted by Gasteiger charge is 2.30. The molecule has 1 N–H and O–H groups in total. The highest BCUT2D eigenvalue weighted by atomic mass is 32.1. The fraction of sp³-hybridized carbons (Fsp3) is 0.429. The Morgan fingerprint density at radius 1 is 1.28 bits per heavy atom. The topological polar surface area (TPSA) is 88.6 Å². The van der Waals surface area contributed by atoms with Crippen molar-refractivity contribution in [1.82, 2.24) is 9.88 Å². The lowest BCUT2D eigenvalue weighted by Crippen LogP contribution is -2.43. The monoisotopic (exact) mass is 415 g/mol. The Kier molecular flexibility index (Phi) is 7.35. The Morgan fingerprint density at radius 2 is 2.07 bits per heavy atom. The molecule has 1 aliphatic rings. The van der Waals surface area contributed by atoms with E-state index in [1.54, 1.807) is 17.2 Å². The Bertz CT molecular complexity index is 853. The number of esters is 1. The molecule has 1 aromatic heterocycles. The van der Waals surface area contributed by atoms with Gasteiger partial charge in [-0.3, -0.25) is 14.4 Å². The average molecular weight is 416 g/mol. The number of carbonyl (C=O) groups is 3. The van der Waals surface area contributed by atoms with Crippen LogP contribution in [0, 0.1) is 5.92 Å². The number of anilines is 1. The number of piperidine rings is 1. The molecule has 154 valence electrons. The minimum atomic E-state index is -0.288. The molecule has 0 spiro atoms. The van der Waals surface area contributed by atoms with Gasteiger partial charge in [0.15, 0.2) is 5.13 Å². The molecule has 2 heterocycles. The summed E-state index contributed by atoms with van der Waals surface area (Å²) < 4.78 is 5.08. The van der Waals surface area contributed by atoms with E-state index in [-0.39, 0.29) is 29.4 Å². The van der Waals surface area contributed by atoms with Gasteiger partial charge < -0.3 is 15.0 Å². The Labute approximate surface area is 174 Å². The molecule has 8 heteroatoms. The van der Waals surface area contributed by atoms with Crippen LogP contribution in [0.15, 0.2) is 35.7 Å². The second kappa shape index (κ2) is 10.2. The lowest BCUT2D eigenvalue weighted by Gasteiger charge is -2.31. The molecular weight excluding hydrogens is 390 g/mol. The predicted octanol–water partition coefficient (Wildman–Crippen LogP) is 3.13. The lowest BCUT2D eigenvalue weighted by molar-refractivity contribution is -0.149. The second-order valence-electron chi connectivity index (χ2n) is 6.91. The Hall–Kier alpha value is -2.74. The number of likely N-dealkylation sites (tertiary alicyclic amines) is 1. The van der Waals surface area contributed by atoms with Gasteiger partial charge >= 0.3 is 5.97 Å². The molecule has 0 radical (unpaired) electrons. The van der Waals surface area contributed by atoms with Gasteiger partial charge in [-0.2, -0.15) is 0 Å². The van der Waals surface area contributed by atoms with Crippen LogP contribution >= 0.6 is 11.3 Å². The zero-order valence-electron chi connectivity index (χ0n) is 16.4. The van der Waals surface area contributed by atoms with Crippen LogP contribution in [-0.2, 0) is 20.7 Å². The van der Waals surface area contributed by atoms with Gasteiger partial charge in [0.05, 0.1) is 12.5 Å². The molecule has 2 aromatic rings. The van der Waals surface area contributed by atoms with Crippen molar-refractivity contribution in [2.75, 3.05) is 25.0 Å². The number of thiazole rings is 1. The van der Waals surface area contributed by atoms with Gasteiger partial charge in [-0.15, -0.1) is 11.3 Å². The molecule has 1 saturated heterocycles. The van der Waals surface area contributed by atoms with Crippen LogP contribution in [0.3, 0.4) is 0 Å². The molecule has 1 aromatic carbocycles. The fourth-order valence-electron chi connectivity index (χ4n) is 3.29. The number of carbonyl (C=O) groups excluding carboxylic acids is 3. The van der Waals surface area contributed by atoms with E-state index in [0.717, 1.165) is 18.4 Å². The number of nitrogens with zero attached hydrogens (tertiary/aromatic N) is 2. The van der Waals surface area contributed by atoms with Crippen LogP contribution in [0.4, 0.5) is 5.13 Å². The van der Waals surface area contributed by atoms with E-state index >= 15 is 0 Å². The molecule has 0 aliphatic carbocycles. The van der Waals surface area contributed by atoms with Crippen LogP contribution in [0.2, 0.25) is 0 Å². The zero-order valence-corrected chi connectivity index (χ0v) is 17.2. The molecule has 29 heavy (non-hydrogen) atoms. The average Bonchev–Trinajstić information content (AvgIpc) is 3.21.